The van der Waals surface area contributed by atoms with Crippen molar-refractivity contribution in [2.45, 2.75) is 19.9 Å². The van der Waals surface area contributed by atoms with E-state index >= 15 is 0 Å². The third-order valence-electron chi connectivity index (χ3n) is 4.34. The average Bonchev–Trinajstić information content (AvgIpc) is 3.06. The molecule has 0 atom stereocenters. The lowest BCUT2D eigenvalue weighted by Crippen LogP contribution is -2.20. The van der Waals surface area contributed by atoms with E-state index in [1.807, 2.05) is 13.0 Å². The Kier molecular flexibility index (Phi) is 7.00. The number of carbonyl (C=O) groups excluding carboxylic acids is 1. The zero-order valence-corrected chi connectivity index (χ0v) is 17.4. The quantitative estimate of drug-likeness (QED) is 0.525. The normalized spacial score (nSPS) is 11.8. The van der Waals surface area contributed by atoms with Gasteiger partial charge >= 0.3 is 0 Å². The number of hydrogen-bond donors (Lipinski definition) is 0. The molecule has 0 N–H and O–H groups in total. The fraction of sp³-hybridized carbons (Fsp3) is 0.333. The first kappa shape index (κ1) is 21.0. The number of benzene rings is 2. The van der Waals surface area contributed by atoms with Gasteiger partial charge in [0.25, 0.3) is 5.91 Å². The molecule has 3 aromatic rings. The number of nitrogens with zero attached hydrogens (tertiary/aromatic N) is 2. The van der Waals surface area contributed by atoms with E-state index in [1.165, 1.54) is 17.4 Å². The van der Waals surface area contributed by atoms with Crippen LogP contribution in [-0.4, -0.2) is 37.9 Å². The van der Waals surface area contributed by atoms with Crippen LogP contribution in [0, 0.1) is 5.82 Å². The number of halogens is 1. The second-order valence-corrected chi connectivity index (χ2v) is 7.20. The topological polar surface area (TPSA) is 62.1 Å². The second-order valence-electron chi connectivity index (χ2n) is 6.19. The fourth-order valence-electron chi connectivity index (χ4n) is 2.99. The van der Waals surface area contributed by atoms with Gasteiger partial charge in [0, 0.05) is 13.2 Å². The molecular formula is C21H23FN2O4S. The van der Waals surface area contributed by atoms with Gasteiger partial charge in [0.15, 0.2) is 16.3 Å². The van der Waals surface area contributed by atoms with E-state index in [2.05, 4.69) is 4.99 Å². The minimum Gasteiger partial charge on any atom is -0.493 e. The number of amides is 1. The van der Waals surface area contributed by atoms with E-state index in [-0.39, 0.29) is 18.1 Å². The molecule has 3 rings (SSSR count). The summed E-state index contributed by atoms with van der Waals surface area (Å²) in [6.45, 7) is 3.29. The van der Waals surface area contributed by atoms with Crippen LogP contribution in [0.3, 0.4) is 0 Å². The molecule has 0 fully saturated rings. The van der Waals surface area contributed by atoms with E-state index in [0.29, 0.717) is 41.6 Å². The Labute approximate surface area is 172 Å². The van der Waals surface area contributed by atoms with Crippen molar-refractivity contribution >= 4 is 27.5 Å². The first-order valence-electron chi connectivity index (χ1n) is 9.21. The van der Waals surface area contributed by atoms with E-state index in [9.17, 15) is 9.18 Å². The highest BCUT2D eigenvalue weighted by Gasteiger charge is 2.13. The largest absolute Gasteiger partial charge is 0.493 e. The van der Waals surface area contributed by atoms with Crippen LogP contribution < -0.4 is 14.3 Å². The van der Waals surface area contributed by atoms with Crippen molar-refractivity contribution < 1.29 is 23.4 Å². The van der Waals surface area contributed by atoms with Gasteiger partial charge in [0.1, 0.15) is 5.82 Å². The molecular weight excluding hydrogens is 395 g/mol. The van der Waals surface area contributed by atoms with Gasteiger partial charge in [-0.1, -0.05) is 23.5 Å². The minimum atomic E-state index is -0.343. The molecule has 0 saturated heterocycles. The molecule has 0 aliphatic heterocycles. The zero-order valence-electron chi connectivity index (χ0n) is 16.6. The van der Waals surface area contributed by atoms with Crippen molar-refractivity contribution in [1.82, 2.24) is 4.57 Å². The molecule has 0 aliphatic rings. The zero-order chi connectivity index (χ0) is 20.8. The number of aromatic nitrogens is 1. The van der Waals surface area contributed by atoms with Gasteiger partial charge in [-0.05, 0) is 36.8 Å². The van der Waals surface area contributed by atoms with Gasteiger partial charge in [0.05, 0.1) is 37.5 Å². The molecule has 0 spiro atoms. The molecule has 0 bridgehead atoms. The number of methoxy groups -OCH3 is 2. The highest BCUT2D eigenvalue weighted by atomic mass is 32.1. The second kappa shape index (κ2) is 9.67. The van der Waals surface area contributed by atoms with Crippen molar-refractivity contribution in [3.05, 3.63) is 52.6 Å². The Bertz CT molecular complexity index is 1070. The summed E-state index contributed by atoms with van der Waals surface area (Å²) in [6, 6.07) is 10.2. The van der Waals surface area contributed by atoms with Gasteiger partial charge in [-0.25, -0.2) is 4.39 Å². The Balaban J connectivity index is 1.93. The first-order valence-corrected chi connectivity index (χ1v) is 10.0. The lowest BCUT2D eigenvalue weighted by molar-refractivity contribution is -0.117. The summed E-state index contributed by atoms with van der Waals surface area (Å²) in [5, 5.41) is 0. The third-order valence-corrected chi connectivity index (χ3v) is 5.38. The number of thiazole rings is 1. The lowest BCUT2D eigenvalue weighted by Gasteiger charge is -2.08. The highest BCUT2D eigenvalue weighted by Crippen LogP contribution is 2.27. The van der Waals surface area contributed by atoms with Gasteiger partial charge < -0.3 is 18.8 Å². The molecule has 0 saturated carbocycles. The van der Waals surface area contributed by atoms with E-state index in [0.717, 1.165) is 10.3 Å². The summed E-state index contributed by atoms with van der Waals surface area (Å²) in [6.07, 6.45) is 0.0997. The predicted molar refractivity (Wildman–Crippen MR) is 110 cm³/mol. The van der Waals surface area contributed by atoms with Crippen LogP contribution in [0.1, 0.15) is 12.5 Å². The van der Waals surface area contributed by atoms with Crippen LogP contribution >= 0.6 is 11.3 Å². The van der Waals surface area contributed by atoms with Crippen LogP contribution in [-0.2, 0) is 22.5 Å². The molecule has 2 aromatic carbocycles. The third kappa shape index (κ3) is 4.83. The highest BCUT2D eigenvalue weighted by molar-refractivity contribution is 7.16. The summed E-state index contributed by atoms with van der Waals surface area (Å²) in [4.78, 5) is 17.3. The van der Waals surface area contributed by atoms with Crippen LogP contribution in [0.2, 0.25) is 0 Å². The SMILES string of the molecule is CCOCCn1c(=NC(=O)Cc2ccc(OC)c(OC)c2)sc2cccc(F)c21. The number of fused-ring (bicyclic) bond motifs is 1. The van der Waals surface area contributed by atoms with E-state index < -0.39 is 0 Å². The number of ether oxygens (including phenoxy) is 3. The monoisotopic (exact) mass is 418 g/mol. The molecule has 29 heavy (non-hydrogen) atoms. The van der Waals surface area contributed by atoms with Gasteiger partial charge in [-0.2, -0.15) is 4.99 Å². The molecule has 1 amide bonds. The Morgan fingerprint density at radius 1 is 1.17 bits per heavy atom. The predicted octanol–water partition coefficient (Wildman–Crippen LogP) is 3.57. The Morgan fingerprint density at radius 3 is 2.69 bits per heavy atom. The molecule has 8 heteroatoms. The fourth-order valence-corrected chi connectivity index (χ4v) is 4.08. The van der Waals surface area contributed by atoms with E-state index in [4.69, 9.17) is 14.2 Å². The van der Waals surface area contributed by atoms with Crippen molar-refractivity contribution in [1.29, 1.82) is 0 Å². The number of hydrogen-bond acceptors (Lipinski definition) is 5. The molecule has 0 aliphatic carbocycles. The summed E-state index contributed by atoms with van der Waals surface area (Å²) >= 11 is 1.28. The van der Waals surface area contributed by atoms with Gasteiger partial charge in [0.2, 0.25) is 0 Å². The Morgan fingerprint density at radius 2 is 1.97 bits per heavy atom. The standard InChI is InChI=1S/C21H23FN2O4S/c1-4-28-11-10-24-20-15(22)6-5-7-18(20)29-21(24)23-19(25)13-14-8-9-16(26-2)17(12-14)27-3/h5-9,12H,4,10-11,13H2,1-3H3. The lowest BCUT2D eigenvalue weighted by atomic mass is 10.1. The van der Waals surface area contributed by atoms with Crippen LogP contribution in [0.15, 0.2) is 41.4 Å². The maximum atomic E-state index is 14.4. The molecule has 0 unspecified atom stereocenters. The number of rotatable bonds is 8. The summed E-state index contributed by atoms with van der Waals surface area (Å²) < 4.78 is 32.7. The van der Waals surface area contributed by atoms with E-state index in [1.54, 1.807) is 43.1 Å². The summed E-state index contributed by atoms with van der Waals surface area (Å²) in [7, 11) is 3.10. The first-order chi connectivity index (χ1) is 14.1. The van der Waals surface area contributed by atoms with Gasteiger partial charge in [-0.15, -0.1) is 0 Å². The van der Waals surface area contributed by atoms with Crippen molar-refractivity contribution in [2.24, 2.45) is 4.99 Å². The maximum absolute atomic E-state index is 14.4. The van der Waals surface area contributed by atoms with Crippen molar-refractivity contribution in [3.63, 3.8) is 0 Å². The minimum absolute atomic E-state index is 0.0997. The van der Waals surface area contributed by atoms with Crippen LogP contribution in [0.5, 0.6) is 11.5 Å². The van der Waals surface area contributed by atoms with Crippen molar-refractivity contribution in [3.8, 4) is 11.5 Å². The van der Waals surface area contributed by atoms with Gasteiger partial charge in [-0.3, -0.25) is 4.79 Å². The molecule has 1 heterocycles. The van der Waals surface area contributed by atoms with Crippen LogP contribution in [0.25, 0.3) is 10.2 Å². The van der Waals surface area contributed by atoms with Crippen molar-refractivity contribution in [2.75, 3.05) is 27.4 Å². The number of para-hydroxylation sites is 1. The summed E-state index contributed by atoms with van der Waals surface area (Å²) in [5.74, 6) is 0.473. The molecule has 6 nitrogen and oxygen atoms in total. The molecule has 0 radical (unpaired) electrons. The summed E-state index contributed by atoms with van der Waals surface area (Å²) in [5.41, 5.74) is 1.19. The number of carbonyl (C=O) groups is 1. The molecule has 1 aromatic heterocycles. The maximum Gasteiger partial charge on any atom is 0.252 e. The molecule has 154 valence electrons. The smallest absolute Gasteiger partial charge is 0.252 e. The Hall–Kier alpha value is -2.71. The average molecular weight is 418 g/mol. The van der Waals surface area contributed by atoms with Crippen LogP contribution in [0.4, 0.5) is 4.39 Å².